The van der Waals surface area contributed by atoms with Gasteiger partial charge in [0.05, 0.1) is 18.3 Å². The fourth-order valence-corrected chi connectivity index (χ4v) is 4.97. The number of H-pyrrole nitrogens is 1. The minimum atomic E-state index is -1.07. The van der Waals surface area contributed by atoms with E-state index in [4.69, 9.17) is 5.21 Å². The molecule has 2 aromatic carbocycles. The fraction of sp³-hybridized carbons (Fsp3) is 0.308. The van der Waals surface area contributed by atoms with Crippen LogP contribution in [0.15, 0.2) is 54.9 Å². The van der Waals surface area contributed by atoms with E-state index in [1.54, 1.807) is 21.3 Å². The quantitative estimate of drug-likeness (QED) is 0.245. The Hall–Kier alpha value is -4.12. The molecular formula is C26H26F2N6O3. The second kappa shape index (κ2) is 10.5. The zero-order valence-corrected chi connectivity index (χ0v) is 19.9. The van der Waals surface area contributed by atoms with Crippen LogP contribution in [0.25, 0.3) is 10.9 Å². The van der Waals surface area contributed by atoms with Crippen molar-refractivity contribution in [1.29, 1.82) is 0 Å². The molecule has 2 atom stereocenters. The van der Waals surface area contributed by atoms with Gasteiger partial charge in [0, 0.05) is 35.6 Å². The largest absolute Gasteiger partial charge is 0.361 e. The molecule has 37 heavy (non-hydrogen) atoms. The Morgan fingerprint density at radius 1 is 1.19 bits per heavy atom. The molecule has 192 valence electrons. The maximum Gasteiger partial charge on any atom is 0.254 e. The first kappa shape index (κ1) is 24.6. The van der Waals surface area contributed by atoms with Gasteiger partial charge in [0.1, 0.15) is 5.69 Å². The van der Waals surface area contributed by atoms with E-state index >= 15 is 0 Å². The summed E-state index contributed by atoms with van der Waals surface area (Å²) in [5.41, 5.74) is 4.38. The van der Waals surface area contributed by atoms with Crippen LogP contribution in [0.2, 0.25) is 0 Å². The van der Waals surface area contributed by atoms with Crippen molar-refractivity contribution in [2.45, 2.75) is 44.2 Å². The number of aromatic nitrogens is 4. The molecule has 0 aliphatic carbocycles. The first-order valence-electron chi connectivity index (χ1n) is 12.1. The Morgan fingerprint density at radius 3 is 2.84 bits per heavy atom. The highest BCUT2D eigenvalue weighted by molar-refractivity contribution is 5.94. The summed E-state index contributed by atoms with van der Waals surface area (Å²) in [7, 11) is 0. The van der Waals surface area contributed by atoms with Gasteiger partial charge in [0.2, 0.25) is 5.91 Å². The third kappa shape index (κ3) is 5.08. The van der Waals surface area contributed by atoms with E-state index in [0.717, 1.165) is 35.0 Å². The summed E-state index contributed by atoms with van der Waals surface area (Å²) >= 11 is 0. The maximum absolute atomic E-state index is 13.7. The molecule has 0 bridgehead atoms. The highest BCUT2D eigenvalue weighted by Crippen LogP contribution is 2.33. The predicted molar refractivity (Wildman–Crippen MR) is 130 cm³/mol. The normalized spacial score (nSPS) is 16.3. The Bertz CT molecular complexity index is 1430. The van der Waals surface area contributed by atoms with Crippen LogP contribution in [0.4, 0.5) is 8.78 Å². The van der Waals surface area contributed by atoms with E-state index < -0.39 is 23.4 Å². The lowest BCUT2D eigenvalue weighted by molar-refractivity contribution is -0.129. The van der Waals surface area contributed by atoms with E-state index in [1.165, 1.54) is 6.07 Å². The molecule has 0 radical (unpaired) electrons. The number of amides is 2. The molecule has 3 N–H and O–H groups in total. The molecule has 0 saturated carbocycles. The summed E-state index contributed by atoms with van der Waals surface area (Å²) in [5, 5.41) is 18.7. The molecule has 1 aliphatic heterocycles. The van der Waals surface area contributed by atoms with Gasteiger partial charge in [-0.1, -0.05) is 23.4 Å². The minimum absolute atomic E-state index is 0.0745. The second-order valence-corrected chi connectivity index (χ2v) is 9.20. The van der Waals surface area contributed by atoms with Gasteiger partial charge < -0.3 is 9.88 Å². The summed E-state index contributed by atoms with van der Waals surface area (Å²) in [5.74, 6) is -2.97. The van der Waals surface area contributed by atoms with Crippen molar-refractivity contribution >= 4 is 22.7 Å². The van der Waals surface area contributed by atoms with Gasteiger partial charge in [-0.15, -0.1) is 5.10 Å². The number of hydrogen-bond acceptors (Lipinski definition) is 5. The van der Waals surface area contributed by atoms with Crippen LogP contribution >= 0.6 is 0 Å². The van der Waals surface area contributed by atoms with E-state index in [0.29, 0.717) is 31.5 Å². The molecule has 2 aromatic heterocycles. The molecule has 0 spiro atoms. The topological polar surface area (TPSA) is 116 Å². The number of nitrogens with one attached hydrogen (secondary N) is 2. The Kier molecular flexibility index (Phi) is 6.95. The van der Waals surface area contributed by atoms with Gasteiger partial charge in [0.25, 0.3) is 5.91 Å². The lowest BCUT2D eigenvalue weighted by atomic mass is 10.0. The number of nitrogens with zero attached hydrogens (tertiary/aromatic N) is 4. The van der Waals surface area contributed by atoms with Crippen molar-refractivity contribution in [3.05, 3.63) is 83.3 Å². The summed E-state index contributed by atoms with van der Waals surface area (Å²) in [6.45, 7) is 0.463. The number of hydroxylamine groups is 1. The predicted octanol–water partition coefficient (Wildman–Crippen LogP) is 4.08. The Labute approximate surface area is 211 Å². The van der Waals surface area contributed by atoms with Gasteiger partial charge in [-0.2, -0.15) is 0 Å². The average Bonchev–Trinajstić information content (AvgIpc) is 3.67. The number of carbonyl (C=O) groups is 2. The molecule has 3 heterocycles. The summed E-state index contributed by atoms with van der Waals surface area (Å²) < 4.78 is 28.8. The van der Waals surface area contributed by atoms with Crippen molar-refractivity contribution in [1.82, 2.24) is 30.4 Å². The maximum atomic E-state index is 13.7. The van der Waals surface area contributed by atoms with Crippen LogP contribution in [0.3, 0.4) is 0 Å². The molecular weight excluding hydrogens is 482 g/mol. The summed E-state index contributed by atoms with van der Waals surface area (Å²) in [6.07, 6.45) is 6.16. The third-order valence-electron chi connectivity index (χ3n) is 6.88. The zero-order chi connectivity index (χ0) is 25.9. The molecule has 5 rings (SSSR count). The van der Waals surface area contributed by atoms with Gasteiger partial charge in [-0.3, -0.25) is 14.8 Å². The van der Waals surface area contributed by atoms with Crippen molar-refractivity contribution in [2.24, 2.45) is 0 Å². The number of benzene rings is 2. The number of para-hydroxylation sites is 1. The summed E-state index contributed by atoms with van der Waals surface area (Å²) in [4.78, 5) is 29.7. The summed E-state index contributed by atoms with van der Waals surface area (Å²) in [6, 6.07) is 10.4. The molecule has 9 nitrogen and oxygen atoms in total. The van der Waals surface area contributed by atoms with Crippen molar-refractivity contribution in [2.75, 3.05) is 6.54 Å². The number of rotatable bonds is 8. The highest BCUT2D eigenvalue weighted by atomic mass is 19.2. The molecule has 2 amide bonds. The SMILES string of the molecule is O=C(CC[C@H](Cc1c[nH]c2ccccc12)n1cc([C@@H]2CCCN2C(=O)c2ccc(F)c(F)c2)nn1)NO. The lowest BCUT2D eigenvalue weighted by Gasteiger charge is -2.23. The minimum Gasteiger partial charge on any atom is -0.361 e. The zero-order valence-electron chi connectivity index (χ0n) is 19.9. The number of hydrogen-bond donors (Lipinski definition) is 3. The van der Waals surface area contributed by atoms with E-state index in [1.807, 2.05) is 30.5 Å². The van der Waals surface area contributed by atoms with E-state index in [9.17, 15) is 18.4 Å². The van der Waals surface area contributed by atoms with Gasteiger partial charge >= 0.3 is 0 Å². The number of halogens is 2. The molecule has 1 aliphatic rings. The standard InChI is InChI=1S/C26H26F2N6O3/c27-20-9-7-16(13-21(20)28)26(36)33-11-3-6-24(33)23-15-34(32-30-23)18(8-10-25(35)31-37)12-17-14-29-22-5-2-1-4-19(17)22/h1-2,4-5,7,9,13-15,18,24,29,37H,3,6,8,10-12H2,(H,31,35)/t18-,24+/m1/s1. The van der Waals surface area contributed by atoms with E-state index in [-0.39, 0.29) is 24.1 Å². The second-order valence-electron chi connectivity index (χ2n) is 9.20. The lowest BCUT2D eigenvalue weighted by Crippen LogP contribution is -2.30. The molecule has 1 saturated heterocycles. The first-order valence-corrected chi connectivity index (χ1v) is 12.1. The molecule has 1 fully saturated rings. The van der Waals surface area contributed by atoms with Crippen molar-refractivity contribution < 1.29 is 23.6 Å². The van der Waals surface area contributed by atoms with Crippen LogP contribution in [-0.4, -0.2) is 48.4 Å². The van der Waals surface area contributed by atoms with Crippen LogP contribution in [-0.2, 0) is 11.2 Å². The monoisotopic (exact) mass is 508 g/mol. The van der Waals surface area contributed by atoms with Crippen LogP contribution < -0.4 is 5.48 Å². The van der Waals surface area contributed by atoms with Crippen LogP contribution in [0.5, 0.6) is 0 Å². The van der Waals surface area contributed by atoms with E-state index in [2.05, 4.69) is 15.3 Å². The molecule has 0 unspecified atom stereocenters. The van der Waals surface area contributed by atoms with Gasteiger partial charge in [0.15, 0.2) is 11.6 Å². The van der Waals surface area contributed by atoms with Crippen molar-refractivity contribution in [3.63, 3.8) is 0 Å². The number of fused-ring (bicyclic) bond motifs is 1. The van der Waals surface area contributed by atoms with Gasteiger partial charge in [-0.25, -0.2) is 18.9 Å². The first-order chi connectivity index (χ1) is 17.9. The average molecular weight is 509 g/mol. The van der Waals surface area contributed by atoms with Crippen LogP contribution in [0, 0.1) is 11.6 Å². The Morgan fingerprint density at radius 2 is 2.03 bits per heavy atom. The smallest absolute Gasteiger partial charge is 0.254 e. The number of likely N-dealkylation sites (tertiary alicyclic amines) is 1. The van der Waals surface area contributed by atoms with Crippen LogP contribution in [0.1, 0.15) is 59.4 Å². The van der Waals surface area contributed by atoms with Gasteiger partial charge in [-0.05, 0) is 55.5 Å². The van der Waals surface area contributed by atoms with Crippen molar-refractivity contribution in [3.8, 4) is 0 Å². The highest BCUT2D eigenvalue weighted by Gasteiger charge is 2.33. The Balaban J connectivity index is 1.39. The fourth-order valence-electron chi connectivity index (χ4n) is 4.97. The molecule has 4 aromatic rings. The molecule has 11 heteroatoms. The number of carbonyl (C=O) groups excluding carboxylic acids is 2. The number of aromatic amines is 1. The third-order valence-corrected chi connectivity index (χ3v) is 6.88.